The maximum Gasteiger partial charge on any atom is 0.309 e. The van der Waals surface area contributed by atoms with Crippen LogP contribution in [0.15, 0.2) is 0 Å². The van der Waals surface area contributed by atoms with Crippen molar-refractivity contribution < 1.29 is 14.6 Å². The number of terminal acetylenes is 1. The van der Waals surface area contributed by atoms with E-state index >= 15 is 0 Å². The molecule has 0 amide bonds. The molecular formula is C9H12O3. The summed E-state index contributed by atoms with van der Waals surface area (Å²) in [6.07, 6.45) is 4.78. The highest BCUT2D eigenvalue weighted by atomic mass is 16.5. The van der Waals surface area contributed by atoms with Gasteiger partial charge in [-0.3, -0.25) is 4.79 Å². The second-order valence-corrected chi connectivity index (χ2v) is 3.57. The minimum absolute atomic E-state index is 0.192. The average Bonchev–Trinajstić information content (AvgIpc) is 2.49. The molecule has 0 spiro atoms. The van der Waals surface area contributed by atoms with Gasteiger partial charge in [0.05, 0.1) is 12.0 Å². The SMILES string of the molecule is C#CCOC1C(C(=O)O)C1(C)C. The lowest BCUT2D eigenvalue weighted by Crippen LogP contribution is -2.05. The van der Waals surface area contributed by atoms with Crippen LogP contribution in [0.3, 0.4) is 0 Å². The van der Waals surface area contributed by atoms with Crippen LogP contribution in [-0.2, 0) is 9.53 Å². The summed E-state index contributed by atoms with van der Waals surface area (Å²) in [6.45, 7) is 3.93. The molecule has 66 valence electrons. The van der Waals surface area contributed by atoms with Gasteiger partial charge in [0.25, 0.3) is 0 Å². The molecule has 0 aromatic rings. The van der Waals surface area contributed by atoms with Gasteiger partial charge in [-0.1, -0.05) is 19.8 Å². The first kappa shape index (κ1) is 9.08. The van der Waals surface area contributed by atoms with E-state index in [1.54, 1.807) is 0 Å². The lowest BCUT2D eigenvalue weighted by molar-refractivity contribution is -0.140. The van der Waals surface area contributed by atoms with Crippen molar-refractivity contribution in [1.29, 1.82) is 0 Å². The Kier molecular flexibility index (Phi) is 2.12. The molecule has 0 radical (unpaired) electrons. The van der Waals surface area contributed by atoms with Crippen molar-refractivity contribution in [3.05, 3.63) is 0 Å². The van der Waals surface area contributed by atoms with Crippen molar-refractivity contribution in [3.8, 4) is 12.3 Å². The van der Waals surface area contributed by atoms with E-state index in [0.29, 0.717) is 0 Å². The minimum atomic E-state index is -0.804. The Morgan fingerprint density at radius 1 is 1.75 bits per heavy atom. The van der Waals surface area contributed by atoms with E-state index in [-0.39, 0.29) is 18.1 Å². The summed E-state index contributed by atoms with van der Waals surface area (Å²) in [7, 11) is 0. The third kappa shape index (κ3) is 1.30. The molecule has 1 aliphatic rings. The highest BCUT2D eigenvalue weighted by Crippen LogP contribution is 2.54. The quantitative estimate of drug-likeness (QED) is 0.632. The Morgan fingerprint density at radius 3 is 2.67 bits per heavy atom. The van der Waals surface area contributed by atoms with Gasteiger partial charge >= 0.3 is 5.97 Å². The molecule has 0 bridgehead atoms. The Labute approximate surface area is 71.7 Å². The van der Waals surface area contributed by atoms with Crippen LogP contribution in [0.2, 0.25) is 0 Å². The summed E-state index contributed by atoms with van der Waals surface area (Å²) >= 11 is 0. The van der Waals surface area contributed by atoms with Crippen molar-refractivity contribution in [2.45, 2.75) is 20.0 Å². The Bertz CT molecular complexity index is 237. The number of carbonyl (C=O) groups is 1. The first-order chi connectivity index (χ1) is 5.51. The Morgan fingerprint density at radius 2 is 2.33 bits per heavy atom. The van der Waals surface area contributed by atoms with Gasteiger partial charge in [-0.05, 0) is 0 Å². The molecular weight excluding hydrogens is 156 g/mol. The fourth-order valence-electron chi connectivity index (χ4n) is 1.49. The third-order valence-corrected chi connectivity index (χ3v) is 2.34. The van der Waals surface area contributed by atoms with E-state index in [1.165, 1.54) is 0 Å². The standard InChI is InChI=1S/C9H12O3/c1-4-5-12-7-6(8(10)11)9(7,2)3/h1,6-7H,5H2,2-3H3,(H,10,11). The smallest absolute Gasteiger partial charge is 0.309 e. The molecule has 0 heterocycles. The molecule has 1 rings (SSSR count). The van der Waals surface area contributed by atoms with Crippen LogP contribution in [0.5, 0.6) is 0 Å². The summed E-state index contributed by atoms with van der Waals surface area (Å²) in [5.74, 6) is 1.12. The van der Waals surface area contributed by atoms with Crippen LogP contribution < -0.4 is 0 Å². The monoisotopic (exact) mass is 168 g/mol. The van der Waals surface area contributed by atoms with E-state index < -0.39 is 11.9 Å². The lowest BCUT2D eigenvalue weighted by atomic mass is 10.1. The number of ether oxygens (including phenoxy) is 1. The zero-order chi connectivity index (χ0) is 9.35. The highest BCUT2D eigenvalue weighted by molar-refractivity contribution is 5.76. The van der Waals surface area contributed by atoms with Crippen LogP contribution in [-0.4, -0.2) is 23.8 Å². The van der Waals surface area contributed by atoms with Gasteiger partial charge in [-0.15, -0.1) is 6.42 Å². The molecule has 12 heavy (non-hydrogen) atoms. The molecule has 1 saturated carbocycles. The highest BCUT2D eigenvalue weighted by Gasteiger charge is 2.63. The van der Waals surface area contributed by atoms with E-state index in [9.17, 15) is 4.79 Å². The Hall–Kier alpha value is -1.01. The van der Waals surface area contributed by atoms with Gasteiger partial charge in [-0.2, -0.15) is 0 Å². The zero-order valence-corrected chi connectivity index (χ0v) is 7.20. The summed E-state index contributed by atoms with van der Waals surface area (Å²) in [6, 6.07) is 0. The molecule has 3 heteroatoms. The number of hydrogen-bond donors (Lipinski definition) is 1. The van der Waals surface area contributed by atoms with Crippen molar-refractivity contribution >= 4 is 5.97 Å². The zero-order valence-electron chi connectivity index (χ0n) is 7.20. The van der Waals surface area contributed by atoms with E-state index in [1.807, 2.05) is 13.8 Å². The molecule has 0 aliphatic heterocycles. The number of hydrogen-bond acceptors (Lipinski definition) is 2. The summed E-state index contributed by atoms with van der Waals surface area (Å²) in [4.78, 5) is 10.6. The van der Waals surface area contributed by atoms with Gasteiger partial charge < -0.3 is 9.84 Å². The molecule has 1 fully saturated rings. The lowest BCUT2D eigenvalue weighted by Gasteiger charge is -1.99. The second-order valence-electron chi connectivity index (χ2n) is 3.57. The number of aliphatic carboxylic acids is 1. The first-order valence-electron chi connectivity index (χ1n) is 3.79. The van der Waals surface area contributed by atoms with Gasteiger partial charge in [0, 0.05) is 5.41 Å². The maximum atomic E-state index is 10.6. The van der Waals surface area contributed by atoms with Crippen molar-refractivity contribution in [2.24, 2.45) is 11.3 Å². The topological polar surface area (TPSA) is 46.5 Å². The van der Waals surface area contributed by atoms with Gasteiger partial charge in [0.1, 0.15) is 6.61 Å². The maximum absolute atomic E-state index is 10.6. The third-order valence-electron chi connectivity index (χ3n) is 2.34. The second kappa shape index (κ2) is 2.80. The van der Waals surface area contributed by atoms with Gasteiger partial charge in [-0.25, -0.2) is 0 Å². The summed E-state index contributed by atoms with van der Waals surface area (Å²) in [5, 5.41) is 8.73. The number of carboxylic acids is 1. The van der Waals surface area contributed by atoms with Crippen LogP contribution >= 0.6 is 0 Å². The molecule has 1 N–H and O–H groups in total. The fraction of sp³-hybridized carbons (Fsp3) is 0.667. The summed E-state index contributed by atoms with van der Waals surface area (Å²) < 4.78 is 5.17. The van der Waals surface area contributed by atoms with Gasteiger partial charge in [0.2, 0.25) is 0 Å². The molecule has 2 unspecified atom stereocenters. The van der Waals surface area contributed by atoms with Crippen molar-refractivity contribution in [1.82, 2.24) is 0 Å². The average molecular weight is 168 g/mol. The largest absolute Gasteiger partial charge is 0.481 e. The number of carboxylic acid groups (broad SMARTS) is 1. The predicted molar refractivity (Wildman–Crippen MR) is 43.5 cm³/mol. The molecule has 2 atom stereocenters. The molecule has 1 aliphatic carbocycles. The Balaban J connectivity index is 2.50. The molecule has 0 aromatic heterocycles. The first-order valence-corrected chi connectivity index (χ1v) is 3.79. The van der Waals surface area contributed by atoms with Crippen LogP contribution in [0.25, 0.3) is 0 Å². The minimum Gasteiger partial charge on any atom is -0.481 e. The van der Waals surface area contributed by atoms with E-state index in [2.05, 4.69) is 5.92 Å². The van der Waals surface area contributed by atoms with Crippen LogP contribution in [0.1, 0.15) is 13.8 Å². The van der Waals surface area contributed by atoms with E-state index in [0.717, 1.165) is 0 Å². The molecule has 0 saturated heterocycles. The van der Waals surface area contributed by atoms with Crippen LogP contribution in [0.4, 0.5) is 0 Å². The van der Waals surface area contributed by atoms with Gasteiger partial charge in [0.15, 0.2) is 0 Å². The molecule has 3 nitrogen and oxygen atoms in total. The predicted octanol–water partition coefficient (Wildman–Crippen LogP) is 0.745. The van der Waals surface area contributed by atoms with E-state index in [4.69, 9.17) is 16.3 Å². The number of rotatable bonds is 3. The van der Waals surface area contributed by atoms with Crippen molar-refractivity contribution in [3.63, 3.8) is 0 Å². The fourth-order valence-corrected chi connectivity index (χ4v) is 1.49. The molecule has 0 aromatic carbocycles. The normalized spacial score (nSPS) is 30.8. The van der Waals surface area contributed by atoms with Crippen molar-refractivity contribution in [2.75, 3.05) is 6.61 Å². The summed E-state index contributed by atoms with van der Waals surface area (Å²) in [5.41, 5.74) is -0.261. The van der Waals surface area contributed by atoms with Crippen LogP contribution in [0, 0.1) is 23.7 Å².